The van der Waals surface area contributed by atoms with Crippen LogP contribution in [-0.2, 0) is 11.2 Å². The van der Waals surface area contributed by atoms with Gasteiger partial charge in [0.1, 0.15) is 19.0 Å². The Labute approximate surface area is 175 Å². The SMILES string of the molecule is Cc1noc(C)c1CC(=O)N(C/C=C/c1ccccc1)c1ccc2c(c1)OCCO2. The van der Waals surface area contributed by atoms with Gasteiger partial charge in [0, 0.05) is 23.9 Å². The minimum Gasteiger partial charge on any atom is -0.486 e. The number of ether oxygens (including phenoxy) is 2. The average molecular weight is 404 g/mol. The van der Waals surface area contributed by atoms with Crippen molar-refractivity contribution in [2.75, 3.05) is 24.7 Å². The number of carbonyl (C=O) groups is 1. The van der Waals surface area contributed by atoms with Crippen LogP contribution in [0.25, 0.3) is 6.08 Å². The molecule has 3 aromatic rings. The molecule has 6 nitrogen and oxygen atoms in total. The van der Waals surface area contributed by atoms with Crippen molar-refractivity contribution in [2.24, 2.45) is 0 Å². The summed E-state index contributed by atoms with van der Waals surface area (Å²) < 4.78 is 16.5. The van der Waals surface area contributed by atoms with Crippen molar-refractivity contribution in [1.82, 2.24) is 5.16 Å². The van der Waals surface area contributed by atoms with Gasteiger partial charge in [-0.25, -0.2) is 0 Å². The third-order valence-corrected chi connectivity index (χ3v) is 5.05. The number of aryl methyl sites for hydroxylation is 2. The van der Waals surface area contributed by atoms with Gasteiger partial charge in [-0.1, -0.05) is 47.6 Å². The number of fused-ring (bicyclic) bond motifs is 1. The lowest BCUT2D eigenvalue weighted by molar-refractivity contribution is -0.117. The molecule has 0 bridgehead atoms. The minimum absolute atomic E-state index is 0.0428. The summed E-state index contributed by atoms with van der Waals surface area (Å²) in [6.07, 6.45) is 4.21. The van der Waals surface area contributed by atoms with Gasteiger partial charge >= 0.3 is 0 Å². The van der Waals surface area contributed by atoms with Crippen molar-refractivity contribution in [3.63, 3.8) is 0 Å². The van der Waals surface area contributed by atoms with E-state index in [0.717, 1.165) is 22.5 Å². The van der Waals surface area contributed by atoms with Crippen LogP contribution < -0.4 is 14.4 Å². The zero-order valence-electron chi connectivity index (χ0n) is 17.1. The molecule has 0 N–H and O–H groups in total. The van der Waals surface area contributed by atoms with Crippen molar-refractivity contribution in [3.05, 3.63) is 77.2 Å². The summed E-state index contributed by atoms with van der Waals surface area (Å²) >= 11 is 0. The Morgan fingerprint density at radius 1 is 1.07 bits per heavy atom. The van der Waals surface area contributed by atoms with Crippen molar-refractivity contribution >= 4 is 17.7 Å². The molecule has 1 aromatic heterocycles. The Morgan fingerprint density at radius 3 is 2.57 bits per heavy atom. The lowest BCUT2D eigenvalue weighted by Gasteiger charge is -2.24. The van der Waals surface area contributed by atoms with Gasteiger partial charge in [-0.3, -0.25) is 4.79 Å². The molecule has 0 saturated heterocycles. The van der Waals surface area contributed by atoms with E-state index < -0.39 is 0 Å². The highest BCUT2D eigenvalue weighted by Crippen LogP contribution is 2.34. The fraction of sp³-hybridized carbons (Fsp3) is 0.250. The van der Waals surface area contributed by atoms with E-state index in [0.29, 0.717) is 37.0 Å². The molecule has 0 atom stereocenters. The highest BCUT2D eigenvalue weighted by molar-refractivity contribution is 5.95. The number of nitrogens with zero attached hydrogens (tertiary/aromatic N) is 2. The van der Waals surface area contributed by atoms with E-state index >= 15 is 0 Å². The molecule has 0 saturated carbocycles. The lowest BCUT2D eigenvalue weighted by Crippen LogP contribution is -2.33. The van der Waals surface area contributed by atoms with Crippen LogP contribution in [0.15, 0.2) is 59.1 Å². The first-order valence-electron chi connectivity index (χ1n) is 9.95. The summed E-state index contributed by atoms with van der Waals surface area (Å²) in [5.74, 6) is 1.98. The molecule has 2 aromatic carbocycles. The van der Waals surface area contributed by atoms with Crippen LogP contribution in [0, 0.1) is 13.8 Å². The van der Waals surface area contributed by atoms with Gasteiger partial charge < -0.3 is 18.9 Å². The summed E-state index contributed by atoms with van der Waals surface area (Å²) in [6.45, 7) is 5.13. The predicted molar refractivity (Wildman–Crippen MR) is 115 cm³/mol. The third-order valence-electron chi connectivity index (χ3n) is 5.05. The molecular formula is C24H24N2O4. The van der Waals surface area contributed by atoms with Crippen LogP contribution in [-0.4, -0.2) is 30.8 Å². The van der Waals surface area contributed by atoms with E-state index in [-0.39, 0.29) is 12.3 Å². The maximum atomic E-state index is 13.3. The first-order valence-corrected chi connectivity index (χ1v) is 9.95. The molecule has 2 heterocycles. The smallest absolute Gasteiger partial charge is 0.231 e. The Hall–Kier alpha value is -3.54. The molecule has 0 unspecified atom stereocenters. The van der Waals surface area contributed by atoms with E-state index in [1.165, 1.54) is 0 Å². The van der Waals surface area contributed by atoms with E-state index in [9.17, 15) is 4.79 Å². The number of benzene rings is 2. The summed E-state index contributed by atoms with van der Waals surface area (Å²) in [6, 6.07) is 15.6. The Bertz CT molecular complexity index is 1040. The lowest BCUT2D eigenvalue weighted by atomic mass is 10.1. The Balaban J connectivity index is 1.60. The highest BCUT2D eigenvalue weighted by Gasteiger charge is 2.21. The van der Waals surface area contributed by atoms with Crippen LogP contribution in [0.1, 0.15) is 22.6 Å². The van der Waals surface area contributed by atoms with Gasteiger partial charge in [0.05, 0.1) is 12.1 Å². The molecule has 1 aliphatic heterocycles. The molecule has 0 radical (unpaired) electrons. The predicted octanol–water partition coefficient (Wildman–Crippen LogP) is 4.35. The number of hydrogen-bond donors (Lipinski definition) is 0. The average Bonchev–Trinajstić information content (AvgIpc) is 3.09. The molecule has 0 spiro atoms. The topological polar surface area (TPSA) is 64.8 Å². The van der Waals surface area contributed by atoms with Gasteiger partial charge in [-0.2, -0.15) is 0 Å². The number of aromatic nitrogens is 1. The van der Waals surface area contributed by atoms with Crippen molar-refractivity contribution in [3.8, 4) is 11.5 Å². The zero-order chi connectivity index (χ0) is 20.9. The number of amides is 1. The molecule has 6 heteroatoms. The van der Waals surface area contributed by atoms with E-state index in [2.05, 4.69) is 5.16 Å². The van der Waals surface area contributed by atoms with Crippen LogP contribution in [0.4, 0.5) is 5.69 Å². The molecular weight excluding hydrogens is 380 g/mol. The molecule has 1 aliphatic rings. The Kier molecular flexibility index (Phi) is 5.84. The van der Waals surface area contributed by atoms with Gasteiger partial charge in [-0.05, 0) is 31.5 Å². The van der Waals surface area contributed by atoms with Crippen molar-refractivity contribution < 1.29 is 18.8 Å². The van der Waals surface area contributed by atoms with Gasteiger partial charge in [0.2, 0.25) is 5.91 Å². The van der Waals surface area contributed by atoms with Crippen LogP contribution in [0.3, 0.4) is 0 Å². The number of hydrogen-bond acceptors (Lipinski definition) is 5. The Morgan fingerprint density at radius 2 is 1.83 bits per heavy atom. The second-order valence-electron chi connectivity index (χ2n) is 7.12. The van der Waals surface area contributed by atoms with E-state index in [4.69, 9.17) is 14.0 Å². The highest BCUT2D eigenvalue weighted by atomic mass is 16.6. The normalized spacial score (nSPS) is 12.9. The summed E-state index contributed by atoms with van der Waals surface area (Å²) in [5, 5.41) is 3.96. The van der Waals surface area contributed by atoms with Crippen molar-refractivity contribution in [2.45, 2.75) is 20.3 Å². The first-order chi connectivity index (χ1) is 14.6. The van der Waals surface area contributed by atoms with Gasteiger partial charge in [0.25, 0.3) is 0 Å². The largest absolute Gasteiger partial charge is 0.486 e. The summed E-state index contributed by atoms with van der Waals surface area (Å²) in [7, 11) is 0. The second kappa shape index (κ2) is 8.86. The van der Waals surface area contributed by atoms with Gasteiger partial charge in [-0.15, -0.1) is 0 Å². The molecule has 0 aliphatic carbocycles. The molecule has 4 rings (SSSR count). The molecule has 30 heavy (non-hydrogen) atoms. The third kappa shape index (κ3) is 4.38. The minimum atomic E-state index is -0.0428. The van der Waals surface area contributed by atoms with Crippen LogP contribution in [0.5, 0.6) is 11.5 Å². The fourth-order valence-electron chi connectivity index (χ4n) is 3.41. The van der Waals surface area contributed by atoms with Crippen LogP contribution in [0.2, 0.25) is 0 Å². The van der Waals surface area contributed by atoms with Crippen molar-refractivity contribution in [1.29, 1.82) is 0 Å². The monoisotopic (exact) mass is 404 g/mol. The summed E-state index contributed by atoms with van der Waals surface area (Å²) in [4.78, 5) is 15.0. The van der Waals surface area contributed by atoms with E-state index in [1.54, 1.807) is 4.90 Å². The maximum Gasteiger partial charge on any atom is 0.231 e. The number of anilines is 1. The fourth-order valence-corrected chi connectivity index (χ4v) is 3.41. The standard InChI is InChI=1S/C24H24N2O4/c1-17-21(18(2)30-25-17)16-24(27)26(12-6-9-19-7-4-3-5-8-19)20-10-11-22-23(15-20)29-14-13-28-22/h3-11,15H,12-14,16H2,1-2H3/b9-6+. The quantitative estimate of drug-likeness (QED) is 0.611. The zero-order valence-corrected chi connectivity index (χ0v) is 17.1. The number of rotatable bonds is 6. The second-order valence-corrected chi connectivity index (χ2v) is 7.12. The first kappa shape index (κ1) is 19.8. The molecule has 1 amide bonds. The van der Waals surface area contributed by atoms with E-state index in [1.807, 2.05) is 74.5 Å². The summed E-state index contributed by atoms with van der Waals surface area (Å²) in [5.41, 5.74) is 3.41. The maximum absolute atomic E-state index is 13.3. The molecule has 0 fully saturated rings. The van der Waals surface area contributed by atoms with Gasteiger partial charge in [0.15, 0.2) is 11.5 Å². The number of carbonyl (C=O) groups excluding carboxylic acids is 1. The van der Waals surface area contributed by atoms with Crippen LogP contribution >= 0.6 is 0 Å². The molecule has 154 valence electrons.